The van der Waals surface area contributed by atoms with Crippen LogP contribution in [0.4, 0.5) is 0 Å². The normalized spacial score (nSPS) is 23.0. The standard InChI is InChI=1S/C18H20N4O3/c1-5-8-18(3,24)15-20-12-9-11(6-7-13(12)25-15)17(2)10-14(23)22(4)16(19)21-17/h6-7,9,24H,10H2,1-4H3,(H2,19,21). The number of aromatic nitrogens is 1. The Kier molecular flexibility index (Phi) is 3.81. The highest BCUT2D eigenvalue weighted by molar-refractivity contribution is 5.99. The first kappa shape index (κ1) is 17.0. The van der Waals surface area contributed by atoms with Gasteiger partial charge in [-0.05, 0) is 38.5 Å². The van der Waals surface area contributed by atoms with Crippen LogP contribution in [0.25, 0.3) is 11.1 Å². The first-order valence-corrected chi connectivity index (χ1v) is 7.87. The second-order valence-corrected chi connectivity index (χ2v) is 6.58. The first-order valence-electron chi connectivity index (χ1n) is 7.87. The van der Waals surface area contributed by atoms with E-state index in [0.717, 1.165) is 5.56 Å². The zero-order chi connectivity index (χ0) is 18.4. The van der Waals surface area contributed by atoms with Crippen molar-refractivity contribution in [1.82, 2.24) is 15.2 Å². The Balaban J connectivity index is 2.03. The van der Waals surface area contributed by atoms with Gasteiger partial charge in [-0.1, -0.05) is 12.0 Å². The van der Waals surface area contributed by atoms with Crippen molar-refractivity contribution in [3.8, 4) is 11.8 Å². The molecule has 7 nitrogen and oxygen atoms in total. The van der Waals surface area contributed by atoms with E-state index in [9.17, 15) is 9.90 Å². The quantitative estimate of drug-likeness (QED) is 0.722. The summed E-state index contributed by atoms with van der Waals surface area (Å²) in [5.41, 5.74) is -0.282. The van der Waals surface area contributed by atoms with Gasteiger partial charge in [0.05, 0.1) is 12.0 Å². The molecule has 1 aromatic carbocycles. The van der Waals surface area contributed by atoms with E-state index in [1.165, 1.54) is 11.8 Å². The van der Waals surface area contributed by atoms with Gasteiger partial charge in [-0.25, -0.2) is 4.98 Å². The van der Waals surface area contributed by atoms with E-state index in [-0.39, 0.29) is 24.2 Å². The fourth-order valence-electron chi connectivity index (χ4n) is 2.89. The molecular formula is C18H20N4O3. The van der Waals surface area contributed by atoms with Gasteiger partial charge in [0.25, 0.3) is 0 Å². The molecule has 1 aliphatic rings. The van der Waals surface area contributed by atoms with Crippen molar-refractivity contribution in [1.29, 1.82) is 5.41 Å². The predicted molar refractivity (Wildman–Crippen MR) is 92.6 cm³/mol. The SMILES string of the molecule is CC#CC(C)(O)c1nc2cc(C3(C)CC(=O)N(C)C(=N)N3)ccc2o1. The van der Waals surface area contributed by atoms with Gasteiger partial charge >= 0.3 is 0 Å². The number of guanidine groups is 1. The van der Waals surface area contributed by atoms with Gasteiger partial charge < -0.3 is 14.8 Å². The molecule has 130 valence electrons. The zero-order valence-electron chi connectivity index (χ0n) is 14.6. The molecule has 2 heterocycles. The van der Waals surface area contributed by atoms with Crippen LogP contribution in [0.15, 0.2) is 22.6 Å². The third-order valence-electron chi connectivity index (χ3n) is 4.42. The molecule has 2 unspecified atom stereocenters. The number of aliphatic hydroxyl groups is 1. The summed E-state index contributed by atoms with van der Waals surface area (Å²) >= 11 is 0. The van der Waals surface area contributed by atoms with Crippen LogP contribution in [0.5, 0.6) is 0 Å². The van der Waals surface area contributed by atoms with Gasteiger partial charge in [0.1, 0.15) is 5.52 Å². The molecule has 3 rings (SSSR count). The van der Waals surface area contributed by atoms with Crippen LogP contribution >= 0.6 is 0 Å². The highest BCUT2D eigenvalue weighted by atomic mass is 16.4. The molecule has 7 heteroatoms. The average Bonchev–Trinajstić information content (AvgIpc) is 2.96. The zero-order valence-corrected chi connectivity index (χ0v) is 14.6. The van der Waals surface area contributed by atoms with Gasteiger partial charge in [0, 0.05) is 7.05 Å². The summed E-state index contributed by atoms with van der Waals surface area (Å²) in [4.78, 5) is 17.8. The van der Waals surface area contributed by atoms with Crippen LogP contribution in [0.1, 0.15) is 38.6 Å². The summed E-state index contributed by atoms with van der Waals surface area (Å²) in [7, 11) is 1.57. The van der Waals surface area contributed by atoms with E-state index >= 15 is 0 Å². The summed E-state index contributed by atoms with van der Waals surface area (Å²) in [6, 6.07) is 5.38. The number of nitrogens with zero attached hydrogens (tertiary/aromatic N) is 2. The Morgan fingerprint density at radius 2 is 2.24 bits per heavy atom. The van der Waals surface area contributed by atoms with E-state index < -0.39 is 11.1 Å². The molecule has 2 aromatic rings. The lowest BCUT2D eigenvalue weighted by Crippen LogP contribution is -2.58. The molecule has 2 atom stereocenters. The van der Waals surface area contributed by atoms with E-state index in [4.69, 9.17) is 9.83 Å². The molecule has 3 N–H and O–H groups in total. The number of amides is 1. The Morgan fingerprint density at radius 3 is 2.88 bits per heavy atom. The van der Waals surface area contributed by atoms with E-state index in [1.807, 2.05) is 13.0 Å². The lowest BCUT2D eigenvalue weighted by atomic mass is 9.86. The van der Waals surface area contributed by atoms with Crippen molar-refractivity contribution in [3.05, 3.63) is 29.7 Å². The second kappa shape index (κ2) is 5.60. The maximum atomic E-state index is 12.1. The largest absolute Gasteiger partial charge is 0.437 e. The van der Waals surface area contributed by atoms with E-state index in [1.54, 1.807) is 26.1 Å². The minimum atomic E-state index is -1.47. The van der Waals surface area contributed by atoms with Gasteiger partial charge in [-0.3, -0.25) is 15.1 Å². The average molecular weight is 340 g/mol. The Labute approximate surface area is 145 Å². The molecule has 25 heavy (non-hydrogen) atoms. The number of carbonyl (C=O) groups excluding carboxylic acids is 1. The summed E-state index contributed by atoms with van der Waals surface area (Å²) in [6.45, 7) is 5.02. The number of nitrogens with one attached hydrogen (secondary N) is 2. The van der Waals surface area contributed by atoms with Crippen molar-refractivity contribution in [3.63, 3.8) is 0 Å². The molecule has 1 fully saturated rings. The topological polar surface area (TPSA) is 102 Å². The molecule has 1 aliphatic heterocycles. The van der Waals surface area contributed by atoms with E-state index in [0.29, 0.717) is 11.1 Å². The van der Waals surface area contributed by atoms with Gasteiger partial charge in [-0.2, -0.15) is 0 Å². The number of carbonyl (C=O) groups is 1. The van der Waals surface area contributed by atoms with Gasteiger partial charge in [0.2, 0.25) is 11.8 Å². The Bertz CT molecular complexity index is 915. The molecule has 0 radical (unpaired) electrons. The molecule has 1 aromatic heterocycles. The predicted octanol–water partition coefficient (Wildman–Crippen LogP) is 1.66. The maximum Gasteiger partial charge on any atom is 0.240 e. The monoisotopic (exact) mass is 340 g/mol. The smallest absolute Gasteiger partial charge is 0.240 e. The summed E-state index contributed by atoms with van der Waals surface area (Å²) in [5, 5.41) is 21.3. The summed E-state index contributed by atoms with van der Waals surface area (Å²) in [6.07, 6.45) is 0.223. The summed E-state index contributed by atoms with van der Waals surface area (Å²) in [5.74, 6) is 5.37. The molecule has 0 bridgehead atoms. The minimum absolute atomic E-state index is 0.0563. The number of hydrogen-bond acceptors (Lipinski definition) is 5. The first-order chi connectivity index (χ1) is 11.7. The third kappa shape index (κ3) is 2.85. The number of benzene rings is 1. The van der Waals surface area contributed by atoms with Crippen molar-refractivity contribution >= 4 is 23.0 Å². The van der Waals surface area contributed by atoms with Crippen molar-refractivity contribution in [2.75, 3.05) is 7.05 Å². The van der Waals surface area contributed by atoms with Crippen molar-refractivity contribution in [2.45, 2.75) is 38.3 Å². The van der Waals surface area contributed by atoms with Crippen molar-refractivity contribution < 1.29 is 14.3 Å². The Morgan fingerprint density at radius 1 is 1.52 bits per heavy atom. The molecule has 1 amide bonds. The lowest BCUT2D eigenvalue weighted by Gasteiger charge is -2.39. The highest BCUT2D eigenvalue weighted by Gasteiger charge is 2.38. The fraction of sp³-hybridized carbons (Fsp3) is 0.389. The number of fused-ring (bicyclic) bond motifs is 1. The van der Waals surface area contributed by atoms with Crippen LogP contribution in [0.2, 0.25) is 0 Å². The van der Waals surface area contributed by atoms with Crippen LogP contribution < -0.4 is 5.32 Å². The molecule has 0 saturated carbocycles. The maximum absolute atomic E-state index is 12.1. The minimum Gasteiger partial charge on any atom is -0.437 e. The van der Waals surface area contributed by atoms with Crippen LogP contribution in [0.3, 0.4) is 0 Å². The fourth-order valence-corrected chi connectivity index (χ4v) is 2.89. The van der Waals surface area contributed by atoms with Crippen LogP contribution in [0, 0.1) is 17.3 Å². The number of rotatable bonds is 2. The van der Waals surface area contributed by atoms with Gasteiger partial charge in [-0.15, -0.1) is 5.92 Å². The number of oxazole rings is 1. The third-order valence-corrected chi connectivity index (χ3v) is 4.42. The second-order valence-electron chi connectivity index (χ2n) is 6.58. The molecule has 0 aliphatic carbocycles. The van der Waals surface area contributed by atoms with Crippen LogP contribution in [-0.4, -0.2) is 33.9 Å². The lowest BCUT2D eigenvalue weighted by molar-refractivity contribution is -0.129. The van der Waals surface area contributed by atoms with E-state index in [2.05, 4.69) is 22.1 Å². The van der Waals surface area contributed by atoms with Crippen molar-refractivity contribution in [2.24, 2.45) is 0 Å². The highest BCUT2D eigenvalue weighted by Crippen LogP contribution is 2.32. The Hall–Kier alpha value is -2.85. The molecule has 1 saturated heterocycles. The molecular weight excluding hydrogens is 320 g/mol. The summed E-state index contributed by atoms with van der Waals surface area (Å²) < 4.78 is 5.62. The molecule has 0 spiro atoms. The van der Waals surface area contributed by atoms with Gasteiger partial charge in [0.15, 0.2) is 17.1 Å². The number of hydrogen-bond donors (Lipinski definition) is 3. The van der Waals surface area contributed by atoms with Crippen LogP contribution in [-0.2, 0) is 15.9 Å².